The fourth-order valence-electron chi connectivity index (χ4n) is 2.20. The van der Waals surface area contributed by atoms with Gasteiger partial charge in [-0.1, -0.05) is 0 Å². The van der Waals surface area contributed by atoms with E-state index < -0.39 is 0 Å². The number of aromatic nitrogens is 5. The second-order valence-electron chi connectivity index (χ2n) is 4.63. The van der Waals surface area contributed by atoms with E-state index in [1.54, 1.807) is 10.9 Å². The van der Waals surface area contributed by atoms with Crippen LogP contribution < -0.4 is 10.2 Å². The third-order valence-corrected chi connectivity index (χ3v) is 3.20. The SMILES string of the molecule is CNc1nc(-c2cnn(C)c2)nc(N2CCCC2)n1. The van der Waals surface area contributed by atoms with Gasteiger partial charge in [0.1, 0.15) is 0 Å². The summed E-state index contributed by atoms with van der Waals surface area (Å²) in [6.45, 7) is 2.03. The highest BCUT2D eigenvalue weighted by Crippen LogP contribution is 2.21. The molecule has 19 heavy (non-hydrogen) atoms. The zero-order valence-electron chi connectivity index (χ0n) is 11.2. The molecule has 0 saturated carbocycles. The standard InChI is InChI=1S/C12H17N7/c1-13-11-15-10(9-7-14-18(2)8-9)16-12(17-11)19-5-3-4-6-19/h7-8H,3-6H2,1-2H3,(H,13,15,16,17). The van der Waals surface area contributed by atoms with E-state index >= 15 is 0 Å². The van der Waals surface area contributed by atoms with Crippen LogP contribution in [-0.4, -0.2) is 44.9 Å². The van der Waals surface area contributed by atoms with Gasteiger partial charge in [-0.05, 0) is 12.8 Å². The van der Waals surface area contributed by atoms with Crippen molar-refractivity contribution in [2.45, 2.75) is 12.8 Å². The molecule has 100 valence electrons. The Balaban J connectivity index is 2.01. The lowest BCUT2D eigenvalue weighted by Crippen LogP contribution is -2.21. The van der Waals surface area contributed by atoms with Crippen molar-refractivity contribution in [3.8, 4) is 11.4 Å². The molecule has 7 heteroatoms. The number of nitrogens with zero attached hydrogens (tertiary/aromatic N) is 6. The van der Waals surface area contributed by atoms with Crippen molar-refractivity contribution in [1.82, 2.24) is 24.7 Å². The molecule has 0 unspecified atom stereocenters. The number of anilines is 2. The van der Waals surface area contributed by atoms with Crippen LogP contribution >= 0.6 is 0 Å². The predicted molar refractivity (Wildman–Crippen MR) is 73.0 cm³/mol. The maximum atomic E-state index is 4.56. The Labute approximate surface area is 111 Å². The summed E-state index contributed by atoms with van der Waals surface area (Å²) in [6.07, 6.45) is 6.07. The Hall–Kier alpha value is -2.18. The summed E-state index contributed by atoms with van der Waals surface area (Å²) >= 11 is 0. The molecule has 0 aromatic carbocycles. The molecule has 0 radical (unpaired) electrons. The molecule has 1 fully saturated rings. The van der Waals surface area contributed by atoms with Gasteiger partial charge in [0.2, 0.25) is 11.9 Å². The van der Waals surface area contributed by atoms with Gasteiger partial charge < -0.3 is 10.2 Å². The van der Waals surface area contributed by atoms with Gasteiger partial charge in [-0.3, -0.25) is 4.68 Å². The predicted octanol–water partition coefficient (Wildman–Crippen LogP) is 0.914. The van der Waals surface area contributed by atoms with E-state index in [4.69, 9.17) is 0 Å². The van der Waals surface area contributed by atoms with Crippen LogP contribution in [-0.2, 0) is 7.05 Å². The smallest absolute Gasteiger partial charge is 0.230 e. The van der Waals surface area contributed by atoms with Gasteiger partial charge in [-0.15, -0.1) is 0 Å². The summed E-state index contributed by atoms with van der Waals surface area (Å²) in [5.41, 5.74) is 0.904. The van der Waals surface area contributed by atoms with E-state index in [0.29, 0.717) is 11.8 Å². The van der Waals surface area contributed by atoms with Crippen LogP contribution in [0.5, 0.6) is 0 Å². The number of hydrogen-bond donors (Lipinski definition) is 1. The molecule has 3 rings (SSSR count). The van der Waals surface area contributed by atoms with Crippen LogP contribution in [0, 0.1) is 0 Å². The molecule has 1 N–H and O–H groups in total. The van der Waals surface area contributed by atoms with Gasteiger partial charge in [0.25, 0.3) is 0 Å². The molecule has 1 aliphatic heterocycles. The molecule has 7 nitrogen and oxygen atoms in total. The average molecular weight is 259 g/mol. The highest BCUT2D eigenvalue weighted by atomic mass is 15.3. The Bertz CT molecular complexity index is 571. The van der Waals surface area contributed by atoms with Gasteiger partial charge >= 0.3 is 0 Å². The van der Waals surface area contributed by atoms with E-state index in [1.807, 2.05) is 20.3 Å². The lowest BCUT2D eigenvalue weighted by Gasteiger charge is -2.16. The van der Waals surface area contributed by atoms with E-state index in [2.05, 4.69) is 30.3 Å². The number of rotatable bonds is 3. The minimum Gasteiger partial charge on any atom is -0.357 e. The summed E-state index contributed by atoms with van der Waals surface area (Å²) < 4.78 is 1.74. The van der Waals surface area contributed by atoms with Crippen molar-refractivity contribution >= 4 is 11.9 Å². The van der Waals surface area contributed by atoms with Gasteiger partial charge in [0.15, 0.2) is 5.82 Å². The highest BCUT2D eigenvalue weighted by Gasteiger charge is 2.18. The maximum absolute atomic E-state index is 4.56. The van der Waals surface area contributed by atoms with Crippen molar-refractivity contribution in [3.05, 3.63) is 12.4 Å². The van der Waals surface area contributed by atoms with Gasteiger partial charge in [0.05, 0.1) is 11.8 Å². The van der Waals surface area contributed by atoms with Crippen LogP contribution in [0.4, 0.5) is 11.9 Å². The van der Waals surface area contributed by atoms with Crippen molar-refractivity contribution in [2.24, 2.45) is 7.05 Å². The second-order valence-corrected chi connectivity index (χ2v) is 4.63. The van der Waals surface area contributed by atoms with Gasteiger partial charge in [0, 0.05) is 33.4 Å². The van der Waals surface area contributed by atoms with Crippen molar-refractivity contribution in [2.75, 3.05) is 30.4 Å². The molecule has 3 heterocycles. The Morgan fingerprint density at radius 2 is 1.95 bits per heavy atom. The fraction of sp³-hybridized carbons (Fsp3) is 0.500. The first-order valence-corrected chi connectivity index (χ1v) is 6.44. The van der Waals surface area contributed by atoms with Crippen LogP contribution in [0.3, 0.4) is 0 Å². The molecule has 0 atom stereocenters. The minimum atomic E-state index is 0.593. The quantitative estimate of drug-likeness (QED) is 0.883. The first-order chi connectivity index (χ1) is 9.26. The highest BCUT2D eigenvalue weighted by molar-refractivity contribution is 5.56. The van der Waals surface area contributed by atoms with Gasteiger partial charge in [-0.25, -0.2) is 0 Å². The topological polar surface area (TPSA) is 71.8 Å². The first-order valence-electron chi connectivity index (χ1n) is 6.44. The van der Waals surface area contributed by atoms with Crippen molar-refractivity contribution < 1.29 is 0 Å². The molecule has 2 aromatic heterocycles. The Morgan fingerprint density at radius 1 is 1.16 bits per heavy atom. The van der Waals surface area contributed by atoms with Crippen LogP contribution in [0.1, 0.15) is 12.8 Å². The summed E-state index contributed by atoms with van der Waals surface area (Å²) in [6, 6.07) is 0. The number of hydrogen-bond acceptors (Lipinski definition) is 6. The van der Waals surface area contributed by atoms with Crippen LogP contribution in [0.15, 0.2) is 12.4 Å². The lowest BCUT2D eigenvalue weighted by molar-refractivity contribution is 0.768. The van der Waals surface area contributed by atoms with Crippen molar-refractivity contribution in [3.63, 3.8) is 0 Å². The molecule has 1 aliphatic rings. The molecule has 0 aliphatic carbocycles. The molecular weight excluding hydrogens is 242 g/mol. The average Bonchev–Trinajstić information content (AvgIpc) is 3.09. The molecule has 0 bridgehead atoms. The third kappa shape index (κ3) is 2.35. The van der Waals surface area contributed by atoms with Crippen LogP contribution in [0.2, 0.25) is 0 Å². The molecule has 1 saturated heterocycles. The van der Waals surface area contributed by atoms with Crippen molar-refractivity contribution in [1.29, 1.82) is 0 Å². The zero-order chi connectivity index (χ0) is 13.2. The molecule has 0 amide bonds. The van der Waals surface area contributed by atoms with E-state index in [9.17, 15) is 0 Å². The Morgan fingerprint density at radius 3 is 2.58 bits per heavy atom. The third-order valence-electron chi connectivity index (χ3n) is 3.20. The fourth-order valence-corrected chi connectivity index (χ4v) is 2.20. The van der Waals surface area contributed by atoms with Gasteiger partial charge in [-0.2, -0.15) is 20.1 Å². The lowest BCUT2D eigenvalue weighted by atomic mass is 10.3. The van der Waals surface area contributed by atoms with E-state index in [-0.39, 0.29) is 0 Å². The minimum absolute atomic E-state index is 0.593. The summed E-state index contributed by atoms with van der Waals surface area (Å²) in [5, 5.41) is 7.15. The summed E-state index contributed by atoms with van der Waals surface area (Å²) in [5.74, 6) is 2.00. The first kappa shape index (κ1) is 11.9. The second kappa shape index (κ2) is 4.83. The summed E-state index contributed by atoms with van der Waals surface area (Å²) in [4.78, 5) is 15.6. The largest absolute Gasteiger partial charge is 0.357 e. The van der Waals surface area contributed by atoms with E-state index in [1.165, 1.54) is 12.8 Å². The molecular formula is C12H17N7. The zero-order valence-corrected chi connectivity index (χ0v) is 11.2. The number of aryl methyl sites for hydroxylation is 1. The normalized spacial score (nSPS) is 14.9. The molecule has 0 spiro atoms. The Kier molecular flexibility index (Phi) is 3.02. The maximum Gasteiger partial charge on any atom is 0.230 e. The monoisotopic (exact) mass is 259 g/mol. The number of nitrogens with one attached hydrogen (secondary N) is 1. The summed E-state index contributed by atoms with van der Waals surface area (Å²) in [7, 11) is 3.70. The van der Waals surface area contributed by atoms with Crippen LogP contribution in [0.25, 0.3) is 11.4 Å². The van der Waals surface area contributed by atoms with E-state index in [0.717, 1.165) is 24.6 Å². The molecule has 2 aromatic rings.